The summed E-state index contributed by atoms with van der Waals surface area (Å²) in [6.45, 7) is 0.155. The van der Waals surface area contributed by atoms with E-state index in [1.165, 1.54) is 18.1 Å². The van der Waals surface area contributed by atoms with Crippen molar-refractivity contribution in [1.82, 2.24) is 4.90 Å². The van der Waals surface area contributed by atoms with Gasteiger partial charge in [-0.25, -0.2) is 0 Å². The predicted octanol–water partition coefficient (Wildman–Crippen LogP) is 5.05. The van der Waals surface area contributed by atoms with Gasteiger partial charge in [-0.2, -0.15) is 0 Å². The fraction of sp³-hybridized carbons (Fsp3) is 0.111. The number of methoxy groups -OCH3 is 1. The van der Waals surface area contributed by atoms with Crippen molar-refractivity contribution in [2.45, 2.75) is 6.54 Å². The molecule has 1 N–H and O–H groups in total. The van der Waals surface area contributed by atoms with Crippen LogP contribution in [-0.2, 0) is 11.3 Å². The number of carbonyl (C=O) groups is 2. The van der Waals surface area contributed by atoms with Gasteiger partial charge in [0.15, 0.2) is 11.5 Å². The van der Waals surface area contributed by atoms with Crippen molar-refractivity contribution in [1.29, 1.82) is 0 Å². The van der Waals surface area contributed by atoms with Crippen molar-refractivity contribution in [2.24, 2.45) is 0 Å². The van der Waals surface area contributed by atoms with Crippen LogP contribution in [0.25, 0.3) is 6.08 Å². The number of benzene rings is 2. The highest BCUT2D eigenvalue weighted by atomic mass is 79.9. The van der Waals surface area contributed by atoms with E-state index in [1.54, 1.807) is 36.4 Å². The maximum Gasteiger partial charge on any atom is 0.293 e. The van der Waals surface area contributed by atoms with Crippen molar-refractivity contribution in [2.75, 3.05) is 7.11 Å². The van der Waals surface area contributed by atoms with Gasteiger partial charge in [-0.1, -0.05) is 39.7 Å². The molecule has 8 heteroatoms. The maximum absolute atomic E-state index is 12.6. The molecule has 1 heterocycles. The minimum atomic E-state index is -0.376. The van der Waals surface area contributed by atoms with Crippen LogP contribution in [0, 0.1) is 0 Å². The van der Waals surface area contributed by atoms with Crippen molar-refractivity contribution in [3.8, 4) is 11.5 Å². The van der Waals surface area contributed by atoms with E-state index < -0.39 is 0 Å². The number of nitrogens with zero attached hydrogens (tertiary/aromatic N) is 1. The molecule has 0 spiro atoms. The van der Waals surface area contributed by atoms with E-state index in [4.69, 9.17) is 16.3 Å². The molecule has 2 aromatic carbocycles. The Morgan fingerprint density at radius 1 is 1.31 bits per heavy atom. The van der Waals surface area contributed by atoms with Crippen molar-refractivity contribution in [3.05, 3.63) is 61.9 Å². The van der Waals surface area contributed by atoms with Gasteiger partial charge < -0.3 is 9.84 Å². The first-order valence-corrected chi connectivity index (χ1v) is 9.44. The monoisotopic (exact) mass is 453 g/mol. The third kappa shape index (κ3) is 3.90. The zero-order valence-electron chi connectivity index (χ0n) is 13.5. The second-order valence-electron chi connectivity index (χ2n) is 5.44. The fourth-order valence-electron chi connectivity index (χ4n) is 2.43. The maximum atomic E-state index is 12.6. The number of thioether (sulfide) groups is 1. The number of phenols is 1. The Hall–Kier alpha value is -1.96. The van der Waals surface area contributed by atoms with E-state index in [0.29, 0.717) is 20.0 Å². The van der Waals surface area contributed by atoms with Gasteiger partial charge in [0, 0.05) is 9.50 Å². The summed E-state index contributed by atoms with van der Waals surface area (Å²) in [5, 5.41) is 9.98. The highest BCUT2D eigenvalue weighted by Crippen LogP contribution is 2.37. The van der Waals surface area contributed by atoms with E-state index >= 15 is 0 Å². The summed E-state index contributed by atoms with van der Waals surface area (Å²) in [7, 11) is 1.44. The van der Waals surface area contributed by atoms with Crippen molar-refractivity contribution in [3.63, 3.8) is 0 Å². The average Bonchev–Trinajstić information content (AvgIpc) is 2.85. The minimum Gasteiger partial charge on any atom is -0.504 e. The number of rotatable bonds is 4. The molecular formula is C18H13BrClNO4S. The van der Waals surface area contributed by atoms with E-state index in [0.717, 1.165) is 17.3 Å². The summed E-state index contributed by atoms with van der Waals surface area (Å²) in [4.78, 5) is 26.4. The molecule has 3 rings (SSSR count). The second-order valence-corrected chi connectivity index (χ2v) is 7.73. The Morgan fingerprint density at radius 2 is 2.08 bits per heavy atom. The van der Waals surface area contributed by atoms with Crippen molar-refractivity contribution >= 4 is 56.5 Å². The van der Waals surface area contributed by atoms with Gasteiger partial charge in [-0.15, -0.1) is 0 Å². The first-order chi connectivity index (χ1) is 12.4. The Morgan fingerprint density at radius 3 is 2.77 bits per heavy atom. The quantitative estimate of drug-likeness (QED) is 0.655. The number of hydrogen-bond acceptors (Lipinski definition) is 5. The molecule has 0 radical (unpaired) electrons. The van der Waals surface area contributed by atoms with Crippen LogP contribution in [0.15, 0.2) is 45.8 Å². The Bertz CT molecular complexity index is 931. The standard InChI is InChI=1S/C18H13BrClNO4S/c1-25-15-6-11(13(19)8-14(15)22)7-16-17(23)21(18(24)26-16)9-10-3-2-4-12(20)5-10/h2-8,22H,9H2,1H3/b16-7-. The molecule has 0 saturated carbocycles. The first kappa shape index (κ1) is 18.8. The van der Waals surface area contributed by atoms with Crippen LogP contribution in [0.2, 0.25) is 5.02 Å². The average molecular weight is 455 g/mol. The number of amides is 2. The Kier molecular flexibility index (Phi) is 5.60. The van der Waals surface area contributed by atoms with Crippen LogP contribution >= 0.6 is 39.3 Å². The van der Waals surface area contributed by atoms with Crippen LogP contribution in [0.1, 0.15) is 11.1 Å². The topological polar surface area (TPSA) is 66.8 Å². The molecule has 0 atom stereocenters. The molecule has 0 unspecified atom stereocenters. The fourth-order valence-corrected chi connectivity index (χ4v) is 3.92. The summed E-state index contributed by atoms with van der Waals surface area (Å²) in [6, 6.07) is 10.1. The lowest BCUT2D eigenvalue weighted by Crippen LogP contribution is -2.27. The Labute approximate surface area is 167 Å². The van der Waals surface area contributed by atoms with E-state index in [-0.39, 0.29) is 29.2 Å². The molecule has 0 bridgehead atoms. The highest BCUT2D eigenvalue weighted by molar-refractivity contribution is 9.10. The molecular weight excluding hydrogens is 442 g/mol. The van der Waals surface area contributed by atoms with Crippen molar-refractivity contribution < 1.29 is 19.4 Å². The SMILES string of the molecule is COc1cc(/C=C2\SC(=O)N(Cc3cccc(Cl)c3)C2=O)c(Br)cc1O. The lowest BCUT2D eigenvalue weighted by Gasteiger charge is -2.12. The third-order valence-corrected chi connectivity index (χ3v) is 5.52. The molecule has 26 heavy (non-hydrogen) atoms. The van der Waals surface area contributed by atoms with Gasteiger partial charge in [-0.3, -0.25) is 14.5 Å². The molecule has 134 valence electrons. The summed E-state index contributed by atoms with van der Waals surface area (Å²) < 4.78 is 5.66. The summed E-state index contributed by atoms with van der Waals surface area (Å²) in [5.41, 5.74) is 1.39. The molecule has 2 amide bonds. The van der Waals surface area contributed by atoms with E-state index in [2.05, 4.69) is 15.9 Å². The number of imide groups is 1. The summed E-state index contributed by atoms with van der Waals surface area (Å²) >= 11 is 10.2. The molecule has 0 aromatic heterocycles. The zero-order valence-corrected chi connectivity index (χ0v) is 16.7. The Balaban J connectivity index is 1.88. The van der Waals surface area contributed by atoms with Crippen LogP contribution in [-0.4, -0.2) is 28.3 Å². The number of carbonyl (C=O) groups excluding carboxylic acids is 2. The van der Waals surface area contributed by atoms with Gasteiger partial charge in [0.25, 0.3) is 11.1 Å². The lowest BCUT2D eigenvalue weighted by molar-refractivity contribution is -0.123. The number of hydrogen-bond donors (Lipinski definition) is 1. The van der Waals surface area contributed by atoms with Gasteiger partial charge in [0.1, 0.15) is 0 Å². The molecule has 0 aliphatic carbocycles. The minimum absolute atomic E-state index is 0.0226. The normalized spacial score (nSPS) is 15.8. The largest absolute Gasteiger partial charge is 0.504 e. The summed E-state index contributed by atoms with van der Waals surface area (Å²) in [5.74, 6) is -0.123. The van der Waals surface area contributed by atoms with Gasteiger partial charge in [-0.05, 0) is 53.2 Å². The number of phenolic OH excluding ortho intramolecular Hbond substituents is 1. The highest BCUT2D eigenvalue weighted by Gasteiger charge is 2.35. The zero-order chi connectivity index (χ0) is 18.8. The van der Waals surface area contributed by atoms with E-state index in [1.807, 2.05) is 0 Å². The molecule has 2 aromatic rings. The molecule has 1 saturated heterocycles. The van der Waals surface area contributed by atoms with Crippen LogP contribution in [0.5, 0.6) is 11.5 Å². The number of halogens is 2. The molecule has 1 aliphatic rings. The molecule has 5 nitrogen and oxygen atoms in total. The molecule has 1 aliphatic heterocycles. The van der Waals surface area contributed by atoms with Gasteiger partial charge in [0.2, 0.25) is 0 Å². The van der Waals surface area contributed by atoms with Crippen LogP contribution in [0.3, 0.4) is 0 Å². The number of ether oxygens (including phenoxy) is 1. The first-order valence-electron chi connectivity index (χ1n) is 7.45. The summed E-state index contributed by atoms with van der Waals surface area (Å²) in [6.07, 6.45) is 1.59. The smallest absolute Gasteiger partial charge is 0.293 e. The second kappa shape index (κ2) is 7.73. The van der Waals surface area contributed by atoms with Gasteiger partial charge in [0.05, 0.1) is 18.6 Å². The van der Waals surface area contributed by atoms with Crippen LogP contribution in [0.4, 0.5) is 4.79 Å². The predicted molar refractivity (Wildman–Crippen MR) is 105 cm³/mol. The number of aromatic hydroxyl groups is 1. The lowest BCUT2D eigenvalue weighted by atomic mass is 10.1. The molecule has 1 fully saturated rings. The third-order valence-electron chi connectivity index (χ3n) is 3.69. The van der Waals surface area contributed by atoms with E-state index in [9.17, 15) is 14.7 Å². The van der Waals surface area contributed by atoms with Gasteiger partial charge >= 0.3 is 0 Å². The van der Waals surface area contributed by atoms with Crippen LogP contribution < -0.4 is 4.74 Å².